The summed E-state index contributed by atoms with van der Waals surface area (Å²) in [6.45, 7) is 0. The number of pyridine rings is 1. The minimum atomic E-state index is -4.76. The molecule has 1 aromatic carbocycles. The molecule has 1 amide bonds. The van der Waals surface area contributed by atoms with Crippen LogP contribution in [0.3, 0.4) is 0 Å². The van der Waals surface area contributed by atoms with Gasteiger partial charge in [0.15, 0.2) is 0 Å². The highest BCUT2D eigenvalue weighted by Crippen LogP contribution is 2.25. The van der Waals surface area contributed by atoms with Crippen LogP contribution >= 0.6 is 11.8 Å². The highest BCUT2D eigenvalue weighted by molar-refractivity contribution is 7.99. The smallest absolute Gasteiger partial charge is 0.406 e. The van der Waals surface area contributed by atoms with Crippen molar-refractivity contribution in [3.63, 3.8) is 0 Å². The molecule has 0 radical (unpaired) electrons. The zero-order valence-corrected chi connectivity index (χ0v) is 12.7. The van der Waals surface area contributed by atoms with Gasteiger partial charge in [-0.05, 0) is 29.8 Å². The molecule has 0 saturated carbocycles. The fourth-order valence-corrected chi connectivity index (χ4v) is 2.50. The Kier molecular flexibility index (Phi) is 5.86. The van der Waals surface area contributed by atoms with Gasteiger partial charge in [0.1, 0.15) is 5.75 Å². The standard InChI is InChI=1S/C15H13F3N2O2S/c16-15(17,18)22-13-3-1-2-12(8-13)20-14(21)10-23-9-11-4-6-19-7-5-11/h1-8H,9-10H2,(H,20,21). The van der Waals surface area contributed by atoms with Crippen LogP contribution in [0.4, 0.5) is 18.9 Å². The van der Waals surface area contributed by atoms with E-state index >= 15 is 0 Å². The number of carbonyl (C=O) groups excluding carboxylic acids is 1. The van der Waals surface area contributed by atoms with Gasteiger partial charge in [0, 0.05) is 29.9 Å². The Morgan fingerprint density at radius 1 is 1.22 bits per heavy atom. The van der Waals surface area contributed by atoms with Gasteiger partial charge in [0.25, 0.3) is 0 Å². The molecule has 1 heterocycles. The number of thioether (sulfide) groups is 1. The number of halogens is 3. The number of carbonyl (C=O) groups is 1. The fraction of sp³-hybridized carbons (Fsp3) is 0.200. The monoisotopic (exact) mass is 342 g/mol. The van der Waals surface area contributed by atoms with Crippen molar-refractivity contribution in [1.29, 1.82) is 0 Å². The summed E-state index contributed by atoms with van der Waals surface area (Å²) in [6.07, 6.45) is -1.42. The lowest BCUT2D eigenvalue weighted by molar-refractivity contribution is -0.274. The molecule has 122 valence electrons. The first-order valence-corrected chi connectivity index (χ1v) is 7.70. The van der Waals surface area contributed by atoms with Crippen molar-refractivity contribution >= 4 is 23.4 Å². The van der Waals surface area contributed by atoms with E-state index in [0.29, 0.717) is 5.75 Å². The van der Waals surface area contributed by atoms with Gasteiger partial charge < -0.3 is 10.1 Å². The predicted molar refractivity (Wildman–Crippen MR) is 82.2 cm³/mol. The number of hydrogen-bond donors (Lipinski definition) is 1. The molecule has 1 aromatic heterocycles. The van der Waals surface area contributed by atoms with Crippen molar-refractivity contribution in [2.24, 2.45) is 0 Å². The topological polar surface area (TPSA) is 51.2 Å². The van der Waals surface area contributed by atoms with E-state index in [1.165, 1.54) is 30.0 Å². The lowest BCUT2D eigenvalue weighted by Crippen LogP contribution is -2.18. The number of aromatic nitrogens is 1. The normalized spacial score (nSPS) is 11.1. The third-order valence-electron chi connectivity index (χ3n) is 2.60. The van der Waals surface area contributed by atoms with Crippen LogP contribution in [0.1, 0.15) is 5.56 Å². The van der Waals surface area contributed by atoms with Gasteiger partial charge >= 0.3 is 6.36 Å². The van der Waals surface area contributed by atoms with Crippen LogP contribution in [0, 0.1) is 0 Å². The molecular weight excluding hydrogens is 329 g/mol. The molecule has 0 aliphatic carbocycles. The Balaban J connectivity index is 1.82. The molecule has 23 heavy (non-hydrogen) atoms. The van der Waals surface area contributed by atoms with E-state index in [0.717, 1.165) is 11.6 Å². The minimum absolute atomic E-state index is 0.187. The third kappa shape index (κ3) is 6.60. The number of anilines is 1. The van der Waals surface area contributed by atoms with E-state index in [1.54, 1.807) is 12.4 Å². The molecule has 0 bridgehead atoms. The van der Waals surface area contributed by atoms with Gasteiger partial charge in [-0.25, -0.2) is 0 Å². The number of nitrogens with one attached hydrogen (secondary N) is 1. The quantitative estimate of drug-likeness (QED) is 0.866. The zero-order chi connectivity index (χ0) is 16.7. The van der Waals surface area contributed by atoms with Crippen LogP contribution in [-0.2, 0) is 10.5 Å². The maximum absolute atomic E-state index is 12.1. The number of nitrogens with zero attached hydrogens (tertiary/aromatic N) is 1. The average molecular weight is 342 g/mol. The van der Waals surface area contributed by atoms with Crippen molar-refractivity contribution in [1.82, 2.24) is 4.98 Å². The summed E-state index contributed by atoms with van der Waals surface area (Å²) in [4.78, 5) is 15.7. The van der Waals surface area contributed by atoms with Crippen LogP contribution in [0.2, 0.25) is 0 Å². The Morgan fingerprint density at radius 2 is 1.96 bits per heavy atom. The average Bonchev–Trinajstić information content (AvgIpc) is 2.47. The number of ether oxygens (including phenoxy) is 1. The molecule has 0 aliphatic rings. The molecule has 8 heteroatoms. The van der Waals surface area contributed by atoms with Gasteiger partial charge in [0.2, 0.25) is 5.91 Å². The third-order valence-corrected chi connectivity index (χ3v) is 3.61. The summed E-state index contributed by atoms with van der Waals surface area (Å²) in [7, 11) is 0. The SMILES string of the molecule is O=C(CSCc1ccncc1)Nc1cccc(OC(F)(F)F)c1. The maximum atomic E-state index is 12.1. The van der Waals surface area contributed by atoms with Crippen molar-refractivity contribution in [2.75, 3.05) is 11.1 Å². The van der Waals surface area contributed by atoms with Gasteiger partial charge in [-0.3, -0.25) is 9.78 Å². The zero-order valence-electron chi connectivity index (χ0n) is 11.8. The molecule has 1 N–H and O–H groups in total. The first-order valence-electron chi connectivity index (χ1n) is 6.55. The van der Waals surface area contributed by atoms with Crippen LogP contribution in [0.5, 0.6) is 5.75 Å². The summed E-state index contributed by atoms with van der Waals surface area (Å²) in [5.41, 5.74) is 1.29. The largest absolute Gasteiger partial charge is 0.573 e. The molecule has 0 aliphatic heterocycles. The highest BCUT2D eigenvalue weighted by Gasteiger charge is 2.31. The van der Waals surface area contributed by atoms with Gasteiger partial charge in [0.05, 0.1) is 5.75 Å². The Bertz CT molecular complexity index is 651. The lowest BCUT2D eigenvalue weighted by atomic mass is 10.3. The van der Waals surface area contributed by atoms with E-state index in [4.69, 9.17) is 0 Å². The molecule has 2 aromatic rings. The fourth-order valence-electron chi connectivity index (χ4n) is 1.71. The second kappa shape index (κ2) is 7.87. The molecule has 0 fully saturated rings. The van der Waals surface area contributed by atoms with Crippen molar-refractivity contribution in [3.8, 4) is 5.75 Å². The maximum Gasteiger partial charge on any atom is 0.573 e. The number of rotatable bonds is 6. The van der Waals surface area contributed by atoms with Gasteiger partial charge in [-0.2, -0.15) is 0 Å². The van der Waals surface area contributed by atoms with Crippen LogP contribution in [-0.4, -0.2) is 23.0 Å². The Hall–Kier alpha value is -2.22. The second-order valence-corrected chi connectivity index (χ2v) is 5.46. The Labute approximate surface area is 135 Å². The summed E-state index contributed by atoms with van der Waals surface area (Å²) in [5, 5.41) is 2.53. The molecule has 0 spiro atoms. The molecule has 0 unspecified atom stereocenters. The summed E-state index contributed by atoms with van der Waals surface area (Å²) in [6, 6.07) is 8.86. The molecule has 0 saturated heterocycles. The van der Waals surface area contributed by atoms with Gasteiger partial charge in [-0.1, -0.05) is 6.07 Å². The molecular formula is C15H13F3N2O2S. The van der Waals surface area contributed by atoms with E-state index in [9.17, 15) is 18.0 Å². The lowest BCUT2D eigenvalue weighted by Gasteiger charge is -2.10. The van der Waals surface area contributed by atoms with Crippen LogP contribution < -0.4 is 10.1 Å². The van der Waals surface area contributed by atoms with E-state index in [2.05, 4.69) is 15.0 Å². The molecule has 2 rings (SSSR count). The van der Waals surface area contributed by atoms with E-state index < -0.39 is 6.36 Å². The first-order chi connectivity index (χ1) is 10.9. The Morgan fingerprint density at radius 3 is 2.65 bits per heavy atom. The van der Waals surface area contributed by atoms with Crippen molar-refractivity contribution in [2.45, 2.75) is 12.1 Å². The van der Waals surface area contributed by atoms with E-state index in [-0.39, 0.29) is 23.1 Å². The predicted octanol–water partition coefficient (Wildman–Crippen LogP) is 3.85. The van der Waals surface area contributed by atoms with E-state index in [1.807, 2.05) is 12.1 Å². The number of alkyl halides is 3. The highest BCUT2D eigenvalue weighted by atomic mass is 32.2. The van der Waals surface area contributed by atoms with Crippen LogP contribution in [0.15, 0.2) is 48.8 Å². The summed E-state index contributed by atoms with van der Waals surface area (Å²) in [5.74, 6) is 0.160. The number of benzene rings is 1. The summed E-state index contributed by atoms with van der Waals surface area (Å²) < 4.78 is 40.2. The molecule has 0 atom stereocenters. The second-order valence-electron chi connectivity index (χ2n) is 4.47. The number of amides is 1. The first kappa shape index (κ1) is 17.1. The van der Waals surface area contributed by atoms with Gasteiger partial charge in [-0.15, -0.1) is 24.9 Å². The van der Waals surface area contributed by atoms with Crippen molar-refractivity contribution in [3.05, 3.63) is 54.4 Å². The minimum Gasteiger partial charge on any atom is -0.406 e. The van der Waals surface area contributed by atoms with Crippen molar-refractivity contribution < 1.29 is 22.7 Å². The van der Waals surface area contributed by atoms with Crippen LogP contribution in [0.25, 0.3) is 0 Å². The summed E-state index contributed by atoms with van der Waals surface area (Å²) >= 11 is 1.40. The number of hydrogen-bond acceptors (Lipinski definition) is 4. The molecule has 4 nitrogen and oxygen atoms in total.